The second kappa shape index (κ2) is 5.88. The SMILES string of the molecule is CC[C@](C)(NC(=O)[C@@H]1C[C@@H]1c1cccc(C)c1)C(=O)OC. The number of ether oxygens (including phenoxy) is 1. The van der Waals surface area contributed by atoms with Crippen LogP contribution in [0, 0.1) is 12.8 Å². The fraction of sp³-hybridized carbons (Fsp3) is 0.529. The smallest absolute Gasteiger partial charge is 0.331 e. The van der Waals surface area contributed by atoms with E-state index in [0.717, 1.165) is 6.42 Å². The number of aryl methyl sites for hydroxylation is 1. The molecular formula is C17H23NO3. The predicted octanol–water partition coefficient (Wildman–Crippen LogP) is 2.56. The number of benzene rings is 1. The Balaban J connectivity index is 2.02. The molecule has 0 saturated heterocycles. The van der Waals surface area contributed by atoms with Gasteiger partial charge in [-0.1, -0.05) is 36.8 Å². The Morgan fingerprint density at radius 3 is 2.71 bits per heavy atom. The molecule has 0 bridgehead atoms. The minimum Gasteiger partial charge on any atom is -0.467 e. The summed E-state index contributed by atoms with van der Waals surface area (Å²) in [5.41, 5.74) is 1.46. The Hall–Kier alpha value is -1.84. The molecule has 0 unspecified atom stereocenters. The first-order chi connectivity index (χ1) is 9.91. The molecule has 3 atom stereocenters. The highest BCUT2D eigenvalue weighted by atomic mass is 16.5. The van der Waals surface area contributed by atoms with Crippen molar-refractivity contribution in [1.29, 1.82) is 0 Å². The van der Waals surface area contributed by atoms with E-state index >= 15 is 0 Å². The van der Waals surface area contributed by atoms with Gasteiger partial charge in [0.2, 0.25) is 5.91 Å². The summed E-state index contributed by atoms with van der Waals surface area (Å²) >= 11 is 0. The van der Waals surface area contributed by atoms with Gasteiger partial charge in [0.05, 0.1) is 7.11 Å². The molecule has 0 aliphatic heterocycles. The monoisotopic (exact) mass is 289 g/mol. The summed E-state index contributed by atoms with van der Waals surface area (Å²) in [5, 5.41) is 2.86. The van der Waals surface area contributed by atoms with Crippen LogP contribution in [0.15, 0.2) is 24.3 Å². The molecule has 1 aliphatic rings. The third kappa shape index (κ3) is 3.26. The molecule has 0 aromatic heterocycles. The molecule has 21 heavy (non-hydrogen) atoms. The molecule has 1 aromatic rings. The fourth-order valence-corrected chi connectivity index (χ4v) is 2.63. The van der Waals surface area contributed by atoms with E-state index in [0.29, 0.717) is 6.42 Å². The van der Waals surface area contributed by atoms with E-state index < -0.39 is 11.5 Å². The zero-order chi connectivity index (χ0) is 15.6. The van der Waals surface area contributed by atoms with Gasteiger partial charge in [-0.3, -0.25) is 4.79 Å². The van der Waals surface area contributed by atoms with Gasteiger partial charge in [0.1, 0.15) is 5.54 Å². The summed E-state index contributed by atoms with van der Waals surface area (Å²) in [6.45, 7) is 5.62. The quantitative estimate of drug-likeness (QED) is 0.848. The summed E-state index contributed by atoms with van der Waals surface area (Å²) in [6.07, 6.45) is 1.35. The fourth-order valence-electron chi connectivity index (χ4n) is 2.63. The first-order valence-corrected chi connectivity index (χ1v) is 7.38. The molecule has 1 saturated carbocycles. The standard InChI is InChI=1S/C17H23NO3/c1-5-17(3,16(20)21-4)18-15(19)14-10-13(14)12-8-6-7-11(2)9-12/h6-9,13-14H,5,10H2,1-4H3,(H,18,19)/t13-,14-,17+/m1/s1. The van der Waals surface area contributed by atoms with E-state index in [-0.39, 0.29) is 17.7 Å². The number of hydrogen-bond acceptors (Lipinski definition) is 3. The highest BCUT2D eigenvalue weighted by Crippen LogP contribution is 2.47. The van der Waals surface area contributed by atoms with Gasteiger partial charge in [-0.2, -0.15) is 0 Å². The molecule has 0 spiro atoms. The van der Waals surface area contributed by atoms with E-state index in [9.17, 15) is 9.59 Å². The number of amides is 1. The average Bonchev–Trinajstić information content (AvgIpc) is 3.26. The third-order valence-corrected chi connectivity index (χ3v) is 4.34. The molecule has 0 radical (unpaired) electrons. The van der Waals surface area contributed by atoms with Crippen LogP contribution in [0.25, 0.3) is 0 Å². The lowest BCUT2D eigenvalue weighted by Crippen LogP contribution is -2.52. The molecule has 2 rings (SSSR count). The molecule has 0 heterocycles. The van der Waals surface area contributed by atoms with Crippen LogP contribution in [0.2, 0.25) is 0 Å². The highest BCUT2D eigenvalue weighted by Gasteiger charge is 2.46. The molecule has 1 fully saturated rings. The van der Waals surface area contributed by atoms with Crippen molar-refractivity contribution >= 4 is 11.9 Å². The Kier molecular flexibility index (Phi) is 4.35. The number of hydrogen-bond donors (Lipinski definition) is 1. The molecule has 4 heteroatoms. The van der Waals surface area contributed by atoms with E-state index in [4.69, 9.17) is 4.74 Å². The Morgan fingerprint density at radius 2 is 2.14 bits per heavy atom. The topological polar surface area (TPSA) is 55.4 Å². The van der Waals surface area contributed by atoms with Crippen LogP contribution in [0.5, 0.6) is 0 Å². The normalized spacial score (nSPS) is 23.0. The number of esters is 1. The zero-order valence-corrected chi connectivity index (χ0v) is 13.1. The van der Waals surface area contributed by atoms with Crippen molar-refractivity contribution in [3.63, 3.8) is 0 Å². The number of nitrogens with one attached hydrogen (secondary N) is 1. The van der Waals surface area contributed by atoms with Crippen molar-refractivity contribution < 1.29 is 14.3 Å². The van der Waals surface area contributed by atoms with E-state index in [1.807, 2.05) is 26.0 Å². The summed E-state index contributed by atoms with van der Waals surface area (Å²) < 4.78 is 4.78. The Labute approximate surface area is 125 Å². The zero-order valence-electron chi connectivity index (χ0n) is 13.1. The third-order valence-electron chi connectivity index (χ3n) is 4.34. The minimum atomic E-state index is -0.939. The highest BCUT2D eigenvalue weighted by molar-refractivity contribution is 5.90. The van der Waals surface area contributed by atoms with Crippen LogP contribution in [0.1, 0.15) is 43.7 Å². The molecule has 1 aromatic carbocycles. The number of rotatable bonds is 5. The first-order valence-electron chi connectivity index (χ1n) is 7.38. The van der Waals surface area contributed by atoms with Gasteiger partial charge in [-0.25, -0.2) is 4.79 Å². The van der Waals surface area contributed by atoms with E-state index in [1.165, 1.54) is 18.2 Å². The maximum atomic E-state index is 12.3. The average molecular weight is 289 g/mol. The number of methoxy groups -OCH3 is 1. The lowest BCUT2D eigenvalue weighted by Gasteiger charge is -2.26. The Bertz CT molecular complexity index is 555. The van der Waals surface area contributed by atoms with Crippen LogP contribution < -0.4 is 5.32 Å². The lowest BCUT2D eigenvalue weighted by atomic mass is 9.98. The van der Waals surface area contributed by atoms with Crippen LogP contribution in [0.3, 0.4) is 0 Å². The molecule has 1 amide bonds. The van der Waals surface area contributed by atoms with Gasteiger partial charge in [0, 0.05) is 5.92 Å². The maximum absolute atomic E-state index is 12.3. The van der Waals surface area contributed by atoms with Crippen molar-refractivity contribution in [2.24, 2.45) is 5.92 Å². The van der Waals surface area contributed by atoms with Crippen molar-refractivity contribution in [2.45, 2.75) is 45.1 Å². The van der Waals surface area contributed by atoms with Crippen LogP contribution in [-0.2, 0) is 14.3 Å². The molecule has 1 aliphatic carbocycles. The molecule has 4 nitrogen and oxygen atoms in total. The minimum absolute atomic E-state index is 0.0395. The van der Waals surface area contributed by atoms with Gasteiger partial charge >= 0.3 is 5.97 Å². The van der Waals surface area contributed by atoms with Crippen LogP contribution >= 0.6 is 0 Å². The second-order valence-corrected chi connectivity index (χ2v) is 6.03. The number of carbonyl (C=O) groups excluding carboxylic acids is 2. The summed E-state index contributed by atoms with van der Waals surface area (Å²) in [6, 6.07) is 8.25. The molecular weight excluding hydrogens is 266 g/mol. The Morgan fingerprint density at radius 1 is 1.43 bits per heavy atom. The van der Waals surface area contributed by atoms with Gasteiger partial charge in [-0.15, -0.1) is 0 Å². The summed E-state index contributed by atoms with van der Waals surface area (Å²) in [5.74, 6) is -0.228. The molecule has 114 valence electrons. The largest absolute Gasteiger partial charge is 0.467 e. The van der Waals surface area contributed by atoms with Gasteiger partial charge in [0.25, 0.3) is 0 Å². The van der Waals surface area contributed by atoms with Crippen molar-refractivity contribution in [3.8, 4) is 0 Å². The molecule has 1 N–H and O–H groups in total. The lowest BCUT2D eigenvalue weighted by molar-refractivity contribution is -0.150. The first kappa shape index (κ1) is 15.5. The summed E-state index contributed by atoms with van der Waals surface area (Å²) in [7, 11) is 1.34. The predicted molar refractivity (Wildman–Crippen MR) is 80.9 cm³/mol. The van der Waals surface area contributed by atoms with Gasteiger partial charge < -0.3 is 10.1 Å². The van der Waals surface area contributed by atoms with E-state index in [2.05, 4.69) is 17.4 Å². The summed E-state index contributed by atoms with van der Waals surface area (Å²) in [4.78, 5) is 24.2. The van der Waals surface area contributed by atoms with Gasteiger partial charge in [0.15, 0.2) is 0 Å². The van der Waals surface area contributed by atoms with Crippen molar-refractivity contribution in [3.05, 3.63) is 35.4 Å². The van der Waals surface area contributed by atoms with Crippen molar-refractivity contribution in [2.75, 3.05) is 7.11 Å². The van der Waals surface area contributed by atoms with Crippen molar-refractivity contribution in [1.82, 2.24) is 5.32 Å². The second-order valence-electron chi connectivity index (χ2n) is 6.03. The van der Waals surface area contributed by atoms with Gasteiger partial charge in [-0.05, 0) is 38.2 Å². The van der Waals surface area contributed by atoms with Crippen LogP contribution in [-0.4, -0.2) is 24.5 Å². The number of carbonyl (C=O) groups is 2. The maximum Gasteiger partial charge on any atom is 0.331 e. The van der Waals surface area contributed by atoms with Crippen LogP contribution in [0.4, 0.5) is 0 Å². The van der Waals surface area contributed by atoms with E-state index in [1.54, 1.807) is 6.92 Å².